The van der Waals surface area contributed by atoms with Gasteiger partial charge in [-0.15, -0.1) is 0 Å². The van der Waals surface area contributed by atoms with E-state index < -0.39 is 0 Å². The first-order valence-electron chi connectivity index (χ1n) is 7.60. The molecule has 0 aliphatic rings. The average Bonchev–Trinajstić information content (AvgIpc) is 2.48. The first-order chi connectivity index (χ1) is 10.2. The molecule has 0 saturated carbocycles. The van der Waals surface area contributed by atoms with E-state index in [-0.39, 0.29) is 12.3 Å². The summed E-state index contributed by atoms with van der Waals surface area (Å²) < 4.78 is 10.9. The molecule has 0 radical (unpaired) electrons. The molecule has 120 valence electrons. The molecule has 1 unspecified atom stereocenters. The Labute approximate surface area is 127 Å². The van der Waals surface area contributed by atoms with Gasteiger partial charge in [0.2, 0.25) is 0 Å². The molecule has 0 spiro atoms. The standard InChI is InChI=1S/C16H28N2O3/c1-4-20-16(21-5-2)12-17-11-14(3)18(19)13-15-9-7-6-8-10-15/h6-10,14,16-17,19H,4-5,11-13H2,1-3H3. The second-order valence-corrected chi connectivity index (χ2v) is 4.93. The molecule has 0 heterocycles. The molecule has 5 heteroatoms. The molecular weight excluding hydrogens is 268 g/mol. The monoisotopic (exact) mass is 296 g/mol. The van der Waals surface area contributed by atoms with Crippen LogP contribution in [-0.4, -0.2) is 48.9 Å². The summed E-state index contributed by atoms with van der Waals surface area (Å²) in [5, 5.41) is 14.7. The van der Waals surface area contributed by atoms with Crippen LogP contribution in [0.1, 0.15) is 26.3 Å². The minimum atomic E-state index is -0.228. The first kappa shape index (κ1) is 18.1. The lowest BCUT2D eigenvalue weighted by Gasteiger charge is -2.24. The summed E-state index contributed by atoms with van der Waals surface area (Å²) in [6, 6.07) is 9.93. The van der Waals surface area contributed by atoms with Crippen LogP contribution in [0, 0.1) is 0 Å². The fourth-order valence-corrected chi connectivity index (χ4v) is 1.98. The van der Waals surface area contributed by atoms with Crippen LogP contribution < -0.4 is 5.32 Å². The van der Waals surface area contributed by atoms with Crippen molar-refractivity contribution in [2.45, 2.75) is 39.6 Å². The third-order valence-corrected chi connectivity index (χ3v) is 3.15. The average molecular weight is 296 g/mol. The molecule has 1 rings (SSSR count). The van der Waals surface area contributed by atoms with Gasteiger partial charge in [0.05, 0.1) is 0 Å². The lowest BCUT2D eigenvalue weighted by atomic mass is 10.2. The highest BCUT2D eigenvalue weighted by Crippen LogP contribution is 2.05. The van der Waals surface area contributed by atoms with E-state index in [1.54, 1.807) is 0 Å². The van der Waals surface area contributed by atoms with Gasteiger partial charge in [0.1, 0.15) is 0 Å². The molecule has 1 aromatic rings. The summed E-state index contributed by atoms with van der Waals surface area (Å²) in [4.78, 5) is 0. The van der Waals surface area contributed by atoms with Crippen LogP contribution >= 0.6 is 0 Å². The Kier molecular flexibility index (Phi) is 9.21. The molecule has 1 aromatic carbocycles. The van der Waals surface area contributed by atoms with Crippen LogP contribution in [0.3, 0.4) is 0 Å². The van der Waals surface area contributed by atoms with Crippen molar-refractivity contribution in [3.8, 4) is 0 Å². The van der Waals surface area contributed by atoms with E-state index >= 15 is 0 Å². The van der Waals surface area contributed by atoms with Crippen LogP contribution in [0.25, 0.3) is 0 Å². The highest BCUT2D eigenvalue weighted by atomic mass is 16.7. The Balaban J connectivity index is 2.27. The van der Waals surface area contributed by atoms with E-state index in [0.29, 0.717) is 32.8 Å². The highest BCUT2D eigenvalue weighted by molar-refractivity contribution is 5.14. The smallest absolute Gasteiger partial charge is 0.169 e. The molecule has 0 bridgehead atoms. The summed E-state index contributed by atoms with van der Waals surface area (Å²) in [6.07, 6.45) is -0.228. The zero-order valence-electron chi connectivity index (χ0n) is 13.3. The second-order valence-electron chi connectivity index (χ2n) is 4.93. The summed E-state index contributed by atoms with van der Waals surface area (Å²) in [6.45, 7) is 8.93. The molecule has 0 fully saturated rings. The van der Waals surface area contributed by atoms with Crippen molar-refractivity contribution in [1.82, 2.24) is 10.4 Å². The van der Waals surface area contributed by atoms with Crippen LogP contribution in [0.15, 0.2) is 30.3 Å². The predicted octanol–water partition coefficient (Wildman–Crippen LogP) is 2.25. The first-order valence-corrected chi connectivity index (χ1v) is 7.60. The normalized spacial score (nSPS) is 13.0. The number of nitrogens with zero attached hydrogens (tertiary/aromatic N) is 1. The summed E-state index contributed by atoms with van der Waals surface area (Å²) in [5.74, 6) is 0. The van der Waals surface area contributed by atoms with Gasteiger partial charge in [-0.3, -0.25) is 0 Å². The van der Waals surface area contributed by atoms with Crippen molar-refractivity contribution < 1.29 is 14.7 Å². The van der Waals surface area contributed by atoms with E-state index in [1.807, 2.05) is 51.1 Å². The quantitative estimate of drug-likeness (QED) is 0.484. The van der Waals surface area contributed by atoms with E-state index in [4.69, 9.17) is 9.47 Å². The van der Waals surface area contributed by atoms with Crippen molar-refractivity contribution in [2.24, 2.45) is 0 Å². The number of hydrogen-bond donors (Lipinski definition) is 2. The van der Waals surface area contributed by atoms with Gasteiger partial charge in [0.15, 0.2) is 6.29 Å². The van der Waals surface area contributed by atoms with Gasteiger partial charge in [0.25, 0.3) is 0 Å². The molecule has 2 N–H and O–H groups in total. The largest absolute Gasteiger partial charge is 0.352 e. The molecule has 21 heavy (non-hydrogen) atoms. The molecule has 0 saturated heterocycles. The van der Waals surface area contributed by atoms with Crippen LogP contribution in [0.2, 0.25) is 0 Å². The predicted molar refractivity (Wildman–Crippen MR) is 83.1 cm³/mol. The Hall–Kier alpha value is -0.980. The number of hydrogen-bond acceptors (Lipinski definition) is 5. The Morgan fingerprint density at radius 1 is 1.10 bits per heavy atom. The Bertz CT molecular complexity index is 356. The third kappa shape index (κ3) is 7.55. The molecule has 0 aliphatic heterocycles. The molecule has 0 aromatic heterocycles. The number of rotatable bonds is 11. The van der Waals surface area contributed by atoms with E-state index in [1.165, 1.54) is 5.06 Å². The van der Waals surface area contributed by atoms with E-state index in [0.717, 1.165) is 5.56 Å². The van der Waals surface area contributed by atoms with Gasteiger partial charge in [-0.05, 0) is 26.3 Å². The van der Waals surface area contributed by atoms with Crippen molar-refractivity contribution in [3.63, 3.8) is 0 Å². The third-order valence-electron chi connectivity index (χ3n) is 3.15. The fourth-order valence-electron chi connectivity index (χ4n) is 1.98. The summed E-state index contributed by atoms with van der Waals surface area (Å²) in [7, 11) is 0. The van der Waals surface area contributed by atoms with Crippen LogP contribution in [-0.2, 0) is 16.0 Å². The molecule has 5 nitrogen and oxygen atoms in total. The maximum Gasteiger partial charge on any atom is 0.169 e. The van der Waals surface area contributed by atoms with Gasteiger partial charge in [-0.1, -0.05) is 30.3 Å². The Morgan fingerprint density at radius 3 is 2.29 bits per heavy atom. The number of benzene rings is 1. The molecule has 0 aliphatic carbocycles. The minimum absolute atomic E-state index is 0.00843. The van der Waals surface area contributed by atoms with Crippen molar-refractivity contribution in [1.29, 1.82) is 0 Å². The van der Waals surface area contributed by atoms with Gasteiger partial charge < -0.3 is 20.0 Å². The zero-order chi connectivity index (χ0) is 15.5. The number of hydroxylamine groups is 2. The topological polar surface area (TPSA) is 54.0 Å². The zero-order valence-corrected chi connectivity index (χ0v) is 13.3. The van der Waals surface area contributed by atoms with Gasteiger partial charge >= 0.3 is 0 Å². The maximum atomic E-state index is 10.1. The minimum Gasteiger partial charge on any atom is -0.352 e. The van der Waals surface area contributed by atoms with E-state index in [9.17, 15) is 5.21 Å². The van der Waals surface area contributed by atoms with Crippen molar-refractivity contribution in [2.75, 3.05) is 26.3 Å². The second kappa shape index (κ2) is 10.7. The maximum absolute atomic E-state index is 10.1. The Morgan fingerprint density at radius 2 is 1.71 bits per heavy atom. The van der Waals surface area contributed by atoms with Gasteiger partial charge in [-0.2, -0.15) is 5.06 Å². The summed E-state index contributed by atoms with van der Waals surface area (Å²) in [5.41, 5.74) is 1.09. The summed E-state index contributed by atoms with van der Waals surface area (Å²) >= 11 is 0. The van der Waals surface area contributed by atoms with E-state index in [2.05, 4.69) is 5.32 Å². The lowest BCUT2D eigenvalue weighted by Crippen LogP contribution is -2.41. The lowest BCUT2D eigenvalue weighted by molar-refractivity contribution is -0.141. The number of nitrogens with one attached hydrogen (secondary N) is 1. The number of ether oxygens (including phenoxy) is 2. The molecule has 1 atom stereocenters. The SMILES string of the molecule is CCOC(CNCC(C)N(O)Cc1ccccc1)OCC. The van der Waals surface area contributed by atoms with Crippen LogP contribution in [0.4, 0.5) is 0 Å². The van der Waals surface area contributed by atoms with Crippen molar-refractivity contribution in [3.05, 3.63) is 35.9 Å². The molecule has 0 amide bonds. The molecular formula is C16H28N2O3. The highest BCUT2D eigenvalue weighted by Gasteiger charge is 2.13. The van der Waals surface area contributed by atoms with Crippen molar-refractivity contribution >= 4 is 0 Å². The van der Waals surface area contributed by atoms with Crippen LogP contribution in [0.5, 0.6) is 0 Å². The fraction of sp³-hybridized carbons (Fsp3) is 0.625. The van der Waals surface area contributed by atoms with Gasteiger partial charge in [0, 0.05) is 38.9 Å². The van der Waals surface area contributed by atoms with Gasteiger partial charge in [-0.25, -0.2) is 0 Å².